The summed E-state index contributed by atoms with van der Waals surface area (Å²) in [4.78, 5) is 47.4. The number of fused-ring (bicyclic) bond motifs is 1. The molecule has 49 heavy (non-hydrogen) atoms. The van der Waals surface area contributed by atoms with E-state index in [4.69, 9.17) is 9.16 Å². The number of carbonyl (C=O) groups is 2. The van der Waals surface area contributed by atoms with Crippen molar-refractivity contribution in [3.05, 3.63) is 98.9 Å². The molecule has 0 saturated heterocycles. The van der Waals surface area contributed by atoms with Crippen molar-refractivity contribution >= 4 is 41.9 Å². The molecular weight excluding hydrogens is 653 g/mol. The van der Waals surface area contributed by atoms with Gasteiger partial charge in [-0.1, -0.05) is 69.7 Å². The molecule has 0 aliphatic carbocycles. The van der Waals surface area contributed by atoms with Crippen LogP contribution in [0.1, 0.15) is 94.2 Å². The number of hydrogen-bond donors (Lipinski definition) is 2. The lowest BCUT2D eigenvalue weighted by Crippen LogP contribution is -2.48. The van der Waals surface area contributed by atoms with E-state index in [1.165, 1.54) is 11.3 Å². The van der Waals surface area contributed by atoms with Gasteiger partial charge in [-0.3, -0.25) is 9.59 Å². The molecule has 11 heteroatoms. The molecule has 2 amide bonds. The van der Waals surface area contributed by atoms with Crippen LogP contribution in [0.15, 0.2) is 70.8 Å². The van der Waals surface area contributed by atoms with E-state index in [0.29, 0.717) is 28.0 Å². The van der Waals surface area contributed by atoms with Gasteiger partial charge in [0.25, 0.3) is 11.5 Å². The Morgan fingerprint density at radius 2 is 1.65 bits per heavy atom. The maximum atomic E-state index is 13.2. The zero-order valence-corrected chi connectivity index (χ0v) is 32.2. The largest absolute Gasteiger partial charge is 0.444 e. The summed E-state index contributed by atoms with van der Waals surface area (Å²) in [5.74, 6) is 0.302. The molecule has 9 nitrogen and oxygen atoms in total. The van der Waals surface area contributed by atoms with Crippen molar-refractivity contribution in [3.8, 4) is 0 Å². The number of thiophene rings is 1. The average molecular weight is 705 g/mol. The molecule has 2 aromatic carbocycles. The van der Waals surface area contributed by atoms with Crippen molar-refractivity contribution in [1.29, 1.82) is 0 Å². The van der Waals surface area contributed by atoms with Crippen LogP contribution in [0.4, 0.5) is 4.79 Å². The number of amides is 2. The van der Waals surface area contributed by atoms with Gasteiger partial charge >= 0.3 is 6.09 Å². The van der Waals surface area contributed by atoms with E-state index in [1.807, 2.05) is 74.7 Å². The minimum absolute atomic E-state index is 0.00694. The first-order valence-electron chi connectivity index (χ1n) is 17.0. The topological polar surface area (TPSA) is 114 Å². The van der Waals surface area contributed by atoms with E-state index in [0.717, 1.165) is 30.4 Å². The molecule has 0 unspecified atom stereocenters. The van der Waals surface area contributed by atoms with Crippen LogP contribution >= 0.6 is 11.3 Å². The molecule has 2 aromatic heterocycles. The molecule has 2 atom stereocenters. The number of aryl methyl sites for hydroxylation is 1. The number of aromatic amines is 1. The molecule has 0 aliphatic rings. The second-order valence-corrected chi connectivity index (χ2v) is 20.9. The second-order valence-electron chi connectivity index (χ2n) is 15.2. The fraction of sp³-hybridized carbons (Fsp3) is 0.474. The number of hydrogen-bond acceptors (Lipinski definition) is 7. The fourth-order valence-electron chi connectivity index (χ4n) is 5.30. The van der Waals surface area contributed by atoms with Crippen LogP contribution in [0.3, 0.4) is 0 Å². The summed E-state index contributed by atoms with van der Waals surface area (Å²) in [6.45, 7) is 16.9. The van der Waals surface area contributed by atoms with Gasteiger partial charge in [0.2, 0.25) is 0 Å². The van der Waals surface area contributed by atoms with Gasteiger partial charge in [-0.05, 0) is 92.9 Å². The number of nitrogens with one attached hydrogen (secondary N) is 2. The van der Waals surface area contributed by atoms with Gasteiger partial charge in [0.1, 0.15) is 16.1 Å². The highest BCUT2D eigenvalue weighted by atomic mass is 32.1. The molecule has 4 aromatic rings. The number of aromatic nitrogens is 2. The van der Waals surface area contributed by atoms with E-state index in [-0.39, 0.29) is 35.2 Å². The summed E-state index contributed by atoms with van der Waals surface area (Å²) in [5, 5.41) is 5.00. The molecule has 0 saturated carbocycles. The Hall–Kier alpha value is -3.80. The van der Waals surface area contributed by atoms with E-state index < -0.39 is 20.0 Å². The molecule has 0 bridgehead atoms. The second kappa shape index (κ2) is 15.8. The molecule has 264 valence electrons. The number of H-pyrrole nitrogens is 1. The summed E-state index contributed by atoms with van der Waals surface area (Å²) in [7, 11) is -0.508. The minimum atomic E-state index is -2.21. The van der Waals surface area contributed by atoms with Crippen LogP contribution < -0.4 is 10.9 Å². The molecule has 2 N–H and O–H groups in total. The number of nitrogens with zero attached hydrogens (tertiary/aromatic N) is 2. The van der Waals surface area contributed by atoms with Crippen molar-refractivity contribution in [3.63, 3.8) is 0 Å². The number of ether oxygens (including phenoxy) is 1. The number of benzene rings is 2. The zero-order valence-electron chi connectivity index (χ0n) is 30.4. The predicted octanol–water partition coefficient (Wildman–Crippen LogP) is 8.63. The predicted molar refractivity (Wildman–Crippen MR) is 201 cm³/mol. The van der Waals surface area contributed by atoms with Gasteiger partial charge in [-0.25, -0.2) is 9.78 Å². The maximum Gasteiger partial charge on any atom is 0.407 e. The van der Waals surface area contributed by atoms with E-state index in [9.17, 15) is 14.4 Å². The first kappa shape index (κ1) is 38.0. The summed E-state index contributed by atoms with van der Waals surface area (Å²) < 4.78 is 13.3. The van der Waals surface area contributed by atoms with Crippen LogP contribution in [0.25, 0.3) is 10.2 Å². The molecular formula is C38H52N4O5SSi. The molecule has 0 spiro atoms. The van der Waals surface area contributed by atoms with Gasteiger partial charge in [0.05, 0.1) is 24.2 Å². The Morgan fingerprint density at radius 1 is 0.980 bits per heavy atom. The van der Waals surface area contributed by atoms with Crippen LogP contribution in [-0.4, -0.2) is 53.9 Å². The normalized spacial score (nSPS) is 13.6. The quantitative estimate of drug-likeness (QED) is 0.106. The molecule has 0 aliphatic heterocycles. The molecule has 0 radical (unpaired) electrons. The Labute approximate surface area is 295 Å². The third-order valence-corrected chi connectivity index (χ3v) is 14.3. The van der Waals surface area contributed by atoms with Crippen molar-refractivity contribution in [2.75, 3.05) is 7.05 Å². The highest BCUT2D eigenvalue weighted by Gasteiger charge is 2.41. The van der Waals surface area contributed by atoms with E-state index in [1.54, 1.807) is 11.9 Å². The third kappa shape index (κ3) is 10.6. The monoisotopic (exact) mass is 704 g/mol. The van der Waals surface area contributed by atoms with Crippen LogP contribution in [-0.2, 0) is 22.1 Å². The first-order chi connectivity index (χ1) is 22.9. The molecule has 2 heterocycles. The van der Waals surface area contributed by atoms with Gasteiger partial charge in [0.15, 0.2) is 8.32 Å². The number of alkyl carbamates (subject to hydrolysis) is 1. The van der Waals surface area contributed by atoms with Gasteiger partial charge in [-0.2, -0.15) is 0 Å². The lowest BCUT2D eigenvalue weighted by molar-refractivity contribution is 0.0423. The Bertz CT molecular complexity index is 1760. The van der Waals surface area contributed by atoms with Crippen molar-refractivity contribution in [2.45, 2.75) is 110 Å². The van der Waals surface area contributed by atoms with Crippen LogP contribution in [0.5, 0.6) is 0 Å². The number of carbonyl (C=O) groups excluding carboxylic acids is 2. The van der Waals surface area contributed by atoms with Crippen LogP contribution in [0, 0.1) is 0 Å². The minimum Gasteiger partial charge on any atom is -0.444 e. The van der Waals surface area contributed by atoms with Gasteiger partial charge < -0.3 is 24.4 Å². The smallest absolute Gasteiger partial charge is 0.407 e. The van der Waals surface area contributed by atoms with Crippen molar-refractivity contribution in [1.82, 2.24) is 20.2 Å². The van der Waals surface area contributed by atoms with E-state index >= 15 is 0 Å². The Balaban J connectivity index is 1.41. The first-order valence-corrected chi connectivity index (χ1v) is 20.8. The van der Waals surface area contributed by atoms with Crippen molar-refractivity contribution < 1.29 is 18.8 Å². The summed E-state index contributed by atoms with van der Waals surface area (Å²) in [6, 6.07) is 19.3. The highest BCUT2D eigenvalue weighted by molar-refractivity contribution is 7.17. The van der Waals surface area contributed by atoms with E-state index in [2.05, 4.69) is 61.3 Å². The number of rotatable bonds is 13. The molecule has 0 fully saturated rings. The SMILES string of the molecule is CN(Cc1nc2ccsc2c(=O)[nH]1)C(=O)c1ccc(CCCC[C@@H](NC(=O)OC(C)(C)C)[C@H](O[Si](C)(C)C(C)(C)C)c2ccccc2)cc1. The fourth-order valence-corrected chi connectivity index (χ4v) is 7.31. The molecule has 4 rings (SSSR count). The standard InChI is InChI=1S/C38H52N4O5SSi/c1-37(2,3)46-36(45)40-29(32(27-16-11-10-12-17-27)47-49(8,9)38(4,5)6)18-14-13-15-26-19-21-28(22-20-26)35(44)42(7)25-31-39-30-23-24-48-33(30)34(43)41-31/h10-12,16-17,19-24,29,32H,13-15,18,25H2,1-9H3,(H,40,45)(H,39,41,43)/t29-,32-/m1/s1. The summed E-state index contributed by atoms with van der Waals surface area (Å²) >= 11 is 1.35. The van der Waals surface area contributed by atoms with Gasteiger partial charge in [-0.15, -0.1) is 11.3 Å². The lowest BCUT2D eigenvalue weighted by atomic mass is 9.96. The average Bonchev–Trinajstić information content (AvgIpc) is 3.50. The number of unbranched alkanes of at least 4 members (excludes halogenated alkanes) is 1. The maximum absolute atomic E-state index is 13.2. The third-order valence-electron chi connectivity index (χ3n) is 8.95. The van der Waals surface area contributed by atoms with Gasteiger partial charge in [0, 0.05) is 12.6 Å². The lowest BCUT2D eigenvalue weighted by Gasteiger charge is -2.42. The van der Waals surface area contributed by atoms with Crippen molar-refractivity contribution in [2.24, 2.45) is 0 Å². The highest BCUT2D eigenvalue weighted by Crippen LogP contribution is 2.41. The summed E-state index contributed by atoms with van der Waals surface area (Å²) in [6.07, 6.45) is 2.52. The van der Waals surface area contributed by atoms with Crippen LogP contribution in [0.2, 0.25) is 18.1 Å². The zero-order chi connectivity index (χ0) is 36.0. The summed E-state index contributed by atoms with van der Waals surface area (Å²) in [5.41, 5.74) is 2.56. The Kier molecular flexibility index (Phi) is 12.3. The Morgan fingerprint density at radius 3 is 2.29 bits per heavy atom.